The fraction of sp³-hybridized carbons (Fsp3) is 0.267. The van der Waals surface area contributed by atoms with Gasteiger partial charge in [-0.05, 0) is 91.4 Å². The average Bonchev–Trinajstić information content (AvgIpc) is 2.90. The first-order chi connectivity index (χ1) is 17.1. The lowest BCUT2D eigenvalue weighted by molar-refractivity contribution is 0.321. The fourth-order valence-corrected chi connectivity index (χ4v) is 4.94. The number of aryl methyl sites for hydroxylation is 1. The van der Waals surface area contributed by atoms with E-state index in [0.717, 1.165) is 46.4 Å². The predicted molar refractivity (Wildman–Crippen MR) is 138 cm³/mol. The molecule has 0 aliphatic carbocycles. The van der Waals surface area contributed by atoms with Gasteiger partial charge in [-0.2, -0.15) is 5.26 Å². The predicted octanol–water partition coefficient (Wildman–Crippen LogP) is 6.83. The molecule has 4 aromatic rings. The number of piperidine rings is 1. The molecule has 5 heteroatoms. The minimum absolute atomic E-state index is 0.250. The Labute approximate surface area is 205 Å². The van der Waals surface area contributed by atoms with Crippen molar-refractivity contribution in [3.8, 4) is 22.9 Å². The molecular formula is C30H28FN3O. The molecule has 4 nitrogen and oxygen atoms in total. The van der Waals surface area contributed by atoms with Crippen LogP contribution in [0.15, 0.2) is 66.7 Å². The second-order valence-corrected chi connectivity index (χ2v) is 9.04. The monoisotopic (exact) mass is 465 g/mol. The zero-order valence-corrected chi connectivity index (χ0v) is 19.9. The van der Waals surface area contributed by atoms with Gasteiger partial charge in [-0.25, -0.2) is 4.39 Å². The summed E-state index contributed by atoms with van der Waals surface area (Å²) >= 11 is 0. The van der Waals surface area contributed by atoms with Crippen molar-refractivity contribution in [2.45, 2.75) is 32.6 Å². The minimum atomic E-state index is -0.250. The van der Waals surface area contributed by atoms with Gasteiger partial charge in [-0.15, -0.1) is 0 Å². The molecule has 0 atom stereocenters. The van der Waals surface area contributed by atoms with Gasteiger partial charge in [0.2, 0.25) is 0 Å². The van der Waals surface area contributed by atoms with Crippen molar-refractivity contribution in [3.63, 3.8) is 0 Å². The quantitative estimate of drug-likeness (QED) is 0.313. The van der Waals surface area contributed by atoms with E-state index in [0.29, 0.717) is 24.3 Å². The lowest BCUT2D eigenvalue weighted by Gasteiger charge is -2.29. The van der Waals surface area contributed by atoms with Gasteiger partial charge >= 0.3 is 0 Å². The molecule has 35 heavy (non-hydrogen) atoms. The number of hydrogen-bond donors (Lipinski definition) is 0. The van der Waals surface area contributed by atoms with Crippen LogP contribution in [0.1, 0.15) is 36.1 Å². The molecule has 176 valence electrons. The standard InChI is InChI=1S/C30H28FN3O/c1-21-27(14-17-35-26-7-5-6-22(18-26)20-32)30(23-8-10-24(31)11-9-23)28-19-25(12-13-29(28)33-21)34-15-3-2-4-16-34/h5-13,18-19H,2-4,14-17H2,1H3. The Hall–Kier alpha value is -3.91. The summed E-state index contributed by atoms with van der Waals surface area (Å²) in [6.07, 6.45) is 4.36. The van der Waals surface area contributed by atoms with E-state index in [2.05, 4.69) is 29.2 Å². The van der Waals surface area contributed by atoms with Crippen molar-refractivity contribution in [1.82, 2.24) is 4.98 Å². The zero-order chi connectivity index (χ0) is 24.2. The van der Waals surface area contributed by atoms with Crippen molar-refractivity contribution < 1.29 is 9.13 Å². The molecule has 0 amide bonds. The minimum Gasteiger partial charge on any atom is -0.493 e. The Morgan fingerprint density at radius 3 is 2.57 bits per heavy atom. The van der Waals surface area contributed by atoms with Gasteiger partial charge in [0.05, 0.1) is 23.8 Å². The van der Waals surface area contributed by atoms with Gasteiger partial charge in [-0.1, -0.05) is 18.2 Å². The summed E-state index contributed by atoms with van der Waals surface area (Å²) < 4.78 is 19.8. The Kier molecular flexibility index (Phi) is 6.63. The summed E-state index contributed by atoms with van der Waals surface area (Å²) in [4.78, 5) is 7.37. The highest BCUT2D eigenvalue weighted by molar-refractivity contribution is 5.98. The van der Waals surface area contributed by atoms with Crippen molar-refractivity contribution in [3.05, 3.63) is 89.4 Å². The normalized spacial score (nSPS) is 13.6. The van der Waals surface area contributed by atoms with Gasteiger partial charge in [0.1, 0.15) is 11.6 Å². The Balaban J connectivity index is 1.55. The van der Waals surface area contributed by atoms with Crippen molar-refractivity contribution in [2.24, 2.45) is 0 Å². The van der Waals surface area contributed by atoms with Crippen LogP contribution in [0.3, 0.4) is 0 Å². The lowest BCUT2D eigenvalue weighted by Crippen LogP contribution is -2.29. The number of benzene rings is 3. The van der Waals surface area contributed by atoms with Gasteiger partial charge in [-0.3, -0.25) is 4.98 Å². The maximum absolute atomic E-state index is 13.8. The summed E-state index contributed by atoms with van der Waals surface area (Å²) in [5.74, 6) is 0.422. The summed E-state index contributed by atoms with van der Waals surface area (Å²) in [5, 5.41) is 10.2. The second kappa shape index (κ2) is 10.1. The summed E-state index contributed by atoms with van der Waals surface area (Å²) in [7, 11) is 0. The highest BCUT2D eigenvalue weighted by Crippen LogP contribution is 2.36. The van der Waals surface area contributed by atoms with Crippen molar-refractivity contribution >= 4 is 16.6 Å². The van der Waals surface area contributed by atoms with Gasteiger partial charge in [0.25, 0.3) is 0 Å². The first-order valence-corrected chi connectivity index (χ1v) is 12.2. The largest absolute Gasteiger partial charge is 0.493 e. The maximum Gasteiger partial charge on any atom is 0.123 e. The van der Waals surface area contributed by atoms with Crippen molar-refractivity contribution in [1.29, 1.82) is 5.26 Å². The fourth-order valence-electron chi connectivity index (χ4n) is 4.94. The third-order valence-electron chi connectivity index (χ3n) is 6.71. The molecule has 2 heterocycles. The smallest absolute Gasteiger partial charge is 0.123 e. The molecule has 0 bridgehead atoms. The number of halogens is 1. The van der Waals surface area contributed by atoms with Crippen LogP contribution < -0.4 is 9.64 Å². The van der Waals surface area contributed by atoms with Crippen LogP contribution >= 0.6 is 0 Å². The number of anilines is 1. The first-order valence-electron chi connectivity index (χ1n) is 12.2. The first kappa shape index (κ1) is 22.9. The van der Waals surface area contributed by atoms with Crippen LogP contribution in [0, 0.1) is 24.1 Å². The van der Waals surface area contributed by atoms with E-state index in [1.807, 2.05) is 31.2 Å². The number of pyridine rings is 1. The molecule has 1 aliphatic heterocycles. The number of fused-ring (bicyclic) bond motifs is 1. The van der Waals surface area contributed by atoms with Crippen LogP contribution in [0.4, 0.5) is 10.1 Å². The number of nitrogens with zero attached hydrogens (tertiary/aromatic N) is 3. The third-order valence-corrected chi connectivity index (χ3v) is 6.71. The molecule has 1 saturated heterocycles. The maximum atomic E-state index is 13.8. The number of hydrogen-bond acceptors (Lipinski definition) is 4. The number of nitriles is 1. The van der Waals surface area contributed by atoms with Crippen molar-refractivity contribution in [2.75, 3.05) is 24.6 Å². The van der Waals surface area contributed by atoms with E-state index >= 15 is 0 Å². The van der Waals surface area contributed by atoms with Gasteiger partial charge in [0, 0.05) is 36.3 Å². The summed E-state index contributed by atoms with van der Waals surface area (Å²) in [6.45, 7) is 4.61. The average molecular weight is 466 g/mol. The number of rotatable bonds is 6. The molecule has 5 rings (SSSR count). The molecule has 1 fully saturated rings. The molecule has 0 saturated carbocycles. The molecule has 0 spiro atoms. The van der Waals surface area contributed by atoms with E-state index in [1.54, 1.807) is 12.1 Å². The molecular weight excluding hydrogens is 437 g/mol. The molecule has 0 N–H and O–H groups in total. The third kappa shape index (κ3) is 4.97. The number of ether oxygens (including phenoxy) is 1. The number of aromatic nitrogens is 1. The SMILES string of the molecule is Cc1nc2ccc(N3CCCCC3)cc2c(-c2ccc(F)cc2)c1CCOc1cccc(C#N)c1. The van der Waals surface area contributed by atoms with Gasteiger partial charge < -0.3 is 9.64 Å². The molecule has 1 aliphatic rings. The van der Waals surface area contributed by atoms with Gasteiger partial charge in [0.15, 0.2) is 0 Å². The second-order valence-electron chi connectivity index (χ2n) is 9.04. The highest BCUT2D eigenvalue weighted by Gasteiger charge is 2.18. The van der Waals surface area contributed by atoms with E-state index in [4.69, 9.17) is 15.0 Å². The van der Waals surface area contributed by atoms with Crippen LogP contribution in [0.25, 0.3) is 22.0 Å². The van der Waals surface area contributed by atoms with E-state index in [9.17, 15) is 4.39 Å². The Bertz CT molecular complexity index is 1390. The molecule has 1 aromatic heterocycles. The van der Waals surface area contributed by atoms with E-state index in [-0.39, 0.29) is 5.82 Å². The zero-order valence-electron chi connectivity index (χ0n) is 19.9. The summed E-state index contributed by atoms with van der Waals surface area (Å²) in [6, 6.07) is 22.6. The Morgan fingerprint density at radius 1 is 1.00 bits per heavy atom. The van der Waals surface area contributed by atoms with E-state index in [1.165, 1.54) is 37.1 Å². The van der Waals surface area contributed by atoms with E-state index < -0.39 is 0 Å². The topological polar surface area (TPSA) is 49.2 Å². The summed E-state index contributed by atoms with van der Waals surface area (Å²) in [5.41, 5.74) is 6.81. The van der Waals surface area contributed by atoms with Crippen LogP contribution in [0.2, 0.25) is 0 Å². The highest BCUT2D eigenvalue weighted by atomic mass is 19.1. The van der Waals surface area contributed by atoms with Crippen LogP contribution in [-0.2, 0) is 6.42 Å². The van der Waals surface area contributed by atoms with Crippen LogP contribution in [0.5, 0.6) is 5.75 Å². The Morgan fingerprint density at radius 2 is 1.80 bits per heavy atom. The lowest BCUT2D eigenvalue weighted by atomic mass is 9.92. The molecule has 0 unspecified atom stereocenters. The van der Waals surface area contributed by atoms with Crippen LogP contribution in [-0.4, -0.2) is 24.7 Å². The molecule has 0 radical (unpaired) electrons. The molecule has 3 aromatic carbocycles.